The lowest BCUT2D eigenvalue weighted by Crippen LogP contribution is -3.11. The first kappa shape index (κ1) is 17.3. The van der Waals surface area contributed by atoms with Gasteiger partial charge in [0.05, 0.1) is 38.9 Å². The zero-order valence-electron chi connectivity index (χ0n) is 14.1. The van der Waals surface area contributed by atoms with Crippen LogP contribution in [0, 0.1) is 0 Å². The molecule has 0 saturated carbocycles. The SMILES string of the molecule is CCCCn1c(O)c(/C(C)=N/N2CC[NH+](C)CC2)c(=O)[nH]c1=O. The number of quaternary nitrogens is 1. The average molecular weight is 324 g/mol. The predicted molar refractivity (Wildman–Crippen MR) is 88.3 cm³/mol. The summed E-state index contributed by atoms with van der Waals surface area (Å²) < 4.78 is 1.20. The van der Waals surface area contributed by atoms with Crippen molar-refractivity contribution >= 4 is 5.71 Å². The smallest absolute Gasteiger partial charge is 0.331 e. The molecule has 0 aromatic carbocycles. The maximum absolute atomic E-state index is 12.1. The van der Waals surface area contributed by atoms with E-state index in [1.54, 1.807) is 6.92 Å². The van der Waals surface area contributed by atoms with Crippen molar-refractivity contribution in [1.82, 2.24) is 14.6 Å². The second-order valence-corrected chi connectivity index (χ2v) is 6.06. The molecule has 8 heteroatoms. The Labute approximate surface area is 135 Å². The summed E-state index contributed by atoms with van der Waals surface area (Å²) in [5.74, 6) is -0.298. The molecule has 0 radical (unpaired) electrons. The standard InChI is InChI=1S/C15H25N5O3/c1-4-5-6-20-14(22)12(13(21)16-15(20)23)11(2)17-19-9-7-18(3)8-10-19/h22H,4-10H2,1-3H3,(H,16,21,23)/p+1/b17-11+. The van der Waals surface area contributed by atoms with Gasteiger partial charge in [0.2, 0.25) is 5.88 Å². The highest BCUT2D eigenvalue weighted by Gasteiger charge is 2.19. The molecule has 23 heavy (non-hydrogen) atoms. The summed E-state index contributed by atoms with van der Waals surface area (Å²) in [5.41, 5.74) is -0.678. The van der Waals surface area contributed by atoms with E-state index in [2.05, 4.69) is 17.1 Å². The van der Waals surface area contributed by atoms with E-state index in [0.29, 0.717) is 12.3 Å². The van der Waals surface area contributed by atoms with Gasteiger partial charge in [-0.3, -0.25) is 19.4 Å². The molecule has 1 aromatic rings. The summed E-state index contributed by atoms with van der Waals surface area (Å²) >= 11 is 0. The van der Waals surface area contributed by atoms with Crippen LogP contribution >= 0.6 is 0 Å². The van der Waals surface area contributed by atoms with E-state index in [0.717, 1.165) is 39.0 Å². The van der Waals surface area contributed by atoms with Crippen LogP contribution in [0.1, 0.15) is 32.3 Å². The molecule has 0 unspecified atom stereocenters. The molecule has 2 heterocycles. The zero-order valence-corrected chi connectivity index (χ0v) is 14.1. The van der Waals surface area contributed by atoms with E-state index in [4.69, 9.17) is 0 Å². The number of piperazine rings is 1. The van der Waals surface area contributed by atoms with Gasteiger partial charge in [0.25, 0.3) is 5.56 Å². The highest BCUT2D eigenvalue weighted by atomic mass is 16.3. The average Bonchev–Trinajstić information content (AvgIpc) is 2.49. The molecule has 1 aliphatic heterocycles. The fraction of sp³-hybridized carbons (Fsp3) is 0.667. The Balaban J connectivity index is 2.34. The van der Waals surface area contributed by atoms with E-state index in [-0.39, 0.29) is 11.4 Å². The number of hydrogen-bond donors (Lipinski definition) is 3. The third kappa shape index (κ3) is 4.01. The molecule has 0 amide bonds. The Kier molecular flexibility index (Phi) is 5.59. The first-order chi connectivity index (χ1) is 10.9. The van der Waals surface area contributed by atoms with E-state index in [1.165, 1.54) is 9.47 Å². The minimum absolute atomic E-state index is 0.0759. The van der Waals surface area contributed by atoms with Gasteiger partial charge in [-0.2, -0.15) is 5.10 Å². The number of likely N-dealkylation sites (N-methyl/N-ethyl adjacent to an activating group) is 1. The summed E-state index contributed by atoms with van der Waals surface area (Å²) in [6, 6.07) is 0. The number of aromatic amines is 1. The van der Waals surface area contributed by atoms with Gasteiger partial charge in [-0.05, 0) is 13.3 Å². The molecule has 0 spiro atoms. The molecule has 0 bridgehead atoms. The molecule has 128 valence electrons. The molecule has 1 aromatic heterocycles. The summed E-state index contributed by atoms with van der Waals surface area (Å²) in [6.45, 7) is 7.62. The Morgan fingerprint density at radius 2 is 2.00 bits per heavy atom. The lowest BCUT2D eigenvalue weighted by Gasteiger charge is -2.28. The van der Waals surface area contributed by atoms with Crippen LogP contribution in [0.15, 0.2) is 14.7 Å². The Hall–Kier alpha value is -2.09. The summed E-state index contributed by atoms with van der Waals surface area (Å²) in [7, 11) is 2.13. The Bertz CT molecular complexity index is 683. The number of rotatable bonds is 5. The van der Waals surface area contributed by atoms with Crippen molar-refractivity contribution in [3.63, 3.8) is 0 Å². The van der Waals surface area contributed by atoms with Gasteiger partial charge < -0.3 is 10.0 Å². The first-order valence-electron chi connectivity index (χ1n) is 8.12. The highest BCUT2D eigenvalue weighted by Crippen LogP contribution is 2.13. The number of aromatic nitrogens is 2. The molecule has 1 saturated heterocycles. The maximum Gasteiger partial charge on any atom is 0.331 e. The van der Waals surface area contributed by atoms with E-state index >= 15 is 0 Å². The normalized spacial score (nSPS) is 16.8. The minimum atomic E-state index is -0.596. The molecule has 0 aliphatic carbocycles. The summed E-state index contributed by atoms with van der Waals surface area (Å²) in [5, 5.41) is 16.7. The summed E-state index contributed by atoms with van der Waals surface area (Å²) in [4.78, 5) is 27.7. The van der Waals surface area contributed by atoms with Crippen molar-refractivity contribution in [2.75, 3.05) is 33.2 Å². The van der Waals surface area contributed by atoms with Crippen LogP contribution in [0.4, 0.5) is 0 Å². The zero-order chi connectivity index (χ0) is 17.0. The van der Waals surface area contributed by atoms with Gasteiger partial charge in [0.15, 0.2) is 0 Å². The topological polar surface area (TPSA) is 95.1 Å². The molecule has 0 atom stereocenters. The van der Waals surface area contributed by atoms with Gasteiger partial charge >= 0.3 is 5.69 Å². The van der Waals surface area contributed by atoms with Crippen LogP contribution in [-0.4, -0.2) is 58.6 Å². The number of hydrazone groups is 1. The van der Waals surface area contributed by atoms with Gasteiger partial charge in [-0.25, -0.2) is 4.79 Å². The highest BCUT2D eigenvalue weighted by molar-refractivity contribution is 6.00. The summed E-state index contributed by atoms with van der Waals surface area (Å²) in [6.07, 6.45) is 1.63. The van der Waals surface area contributed by atoms with Crippen LogP contribution in [0.5, 0.6) is 5.88 Å². The lowest BCUT2D eigenvalue weighted by atomic mass is 10.2. The quantitative estimate of drug-likeness (QED) is 0.580. The van der Waals surface area contributed by atoms with Crippen molar-refractivity contribution in [2.24, 2.45) is 5.10 Å². The van der Waals surface area contributed by atoms with Gasteiger partial charge in [-0.1, -0.05) is 13.3 Å². The van der Waals surface area contributed by atoms with Crippen molar-refractivity contribution in [3.8, 4) is 5.88 Å². The number of nitrogens with one attached hydrogen (secondary N) is 2. The van der Waals surface area contributed by atoms with Crippen LogP contribution in [0.3, 0.4) is 0 Å². The molecular weight excluding hydrogens is 298 g/mol. The minimum Gasteiger partial charge on any atom is -0.494 e. The molecule has 8 nitrogen and oxygen atoms in total. The Morgan fingerprint density at radius 3 is 2.61 bits per heavy atom. The van der Waals surface area contributed by atoms with Crippen LogP contribution in [-0.2, 0) is 6.54 Å². The second kappa shape index (κ2) is 7.45. The number of H-pyrrole nitrogens is 1. The maximum atomic E-state index is 12.1. The van der Waals surface area contributed by atoms with Gasteiger partial charge in [-0.15, -0.1) is 0 Å². The molecule has 3 N–H and O–H groups in total. The van der Waals surface area contributed by atoms with Crippen LogP contribution in [0.25, 0.3) is 0 Å². The number of aromatic hydroxyl groups is 1. The molecule has 2 rings (SSSR count). The fourth-order valence-electron chi connectivity index (χ4n) is 2.65. The fourth-order valence-corrected chi connectivity index (χ4v) is 2.65. The molecular formula is C15H26N5O3+. The van der Waals surface area contributed by atoms with E-state index in [9.17, 15) is 14.7 Å². The van der Waals surface area contributed by atoms with Crippen molar-refractivity contribution in [1.29, 1.82) is 0 Å². The third-order valence-corrected chi connectivity index (χ3v) is 4.15. The first-order valence-corrected chi connectivity index (χ1v) is 8.12. The van der Waals surface area contributed by atoms with Crippen molar-refractivity contribution in [3.05, 3.63) is 26.4 Å². The van der Waals surface area contributed by atoms with Crippen LogP contribution < -0.4 is 16.1 Å². The van der Waals surface area contributed by atoms with Crippen LogP contribution in [0.2, 0.25) is 0 Å². The number of nitrogens with zero attached hydrogens (tertiary/aromatic N) is 3. The number of unbranched alkanes of at least 4 members (excludes halogenated alkanes) is 1. The third-order valence-electron chi connectivity index (χ3n) is 4.15. The van der Waals surface area contributed by atoms with Crippen molar-refractivity contribution in [2.45, 2.75) is 33.2 Å². The molecule has 1 fully saturated rings. The second-order valence-electron chi connectivity index (χ2n) is 6.06. The number of hydrogen-bond acceptors (Lipinski definition) is 5. The van der Waals surface area contributed by atoms with Gasteiger partial charge in [0, 0.05) is 6.54 Å². The monoisotopic (exact) mass is 324 g/mol. The molecule has 1 aliphatic rings. The largest absolute Gasteiger partial charge is 0.494 e. The van der Waals surface area contributed by atoms with E-state index < -0.39 is 11.2 Å². The van der Waals surface area contributed by atoms with E-state index in [1.807, 2.05) is 11.9 Å². The lowest BCUT2D eigenvalue weighted by molar-refractivity contribution is -0.884. The van der Waals surface area contributed by atoms with Gasteiger partial charge in [0.1, 0.15) is 5.56 Å². The predicted octanol–water partition coefficient (Wildman–Crippen LogP) is -1.40. The van der Waals surface area contributed by atoms with Crippen molar-refractivity contribution < 1.29 is 10.0 Å². The Morgan fingerprint density at radius 1 is 1.35 bits per heavy atom.